The predicted molar refractivity (Wildman–Crippen MR) is 60.8 cm³/mol. The molecule has 90 valence electrons. The minimum Gasteiger partial charge on any atom is -0.332 e. The van der Waals surface area contributed by atoms with Crippen LogP contribution in [-0.2, 0) is 15.6 Å². The van der Waals surface area contributed by atoms with Gasteiger partial charge < -0.3 is 4.57 Å². The van der Waals surface area contributed by atoms with E-state index in [1.807, 2.05) is 0 Å². The number of rotatable bonds is 3. The molecule has 0 fully saturated rings. The van der Waals surface area contributed by atoms with Gasteiger partial charge in [-0.1, -0.05) is 18.2 Å². The van der Waals surface area contributed by atoms with Crippen molar-refractivity contribution in [3.63, 3.8) is 0 Å². The number of nitrogens with zero attached hydrogens (tertiary/aromatic N) is 2. The average molecular weight is 275 g/mol. The van der Waals surface area contributed by atoms with Gasteiger partial charge in [-0.15, -0.1) is 0 Å². The minimum absolute atomic E-state index is 0.200. The number of hydrogen-bond acceptors (Lipinski definition) is 3. The lowest BCUT2D eigenvalue weighted by Gasteiger charge is -2.02. The fourth-order valence-electron chi connectivity index (χ4n) is 1.38. The molecule has 0 aliphatic heterocycles. The fraction of sp³-hybridized carbons (Fsp3) is 0.100. The molecule has 0 spiro atoms. The summed E-state index contributed by atoms with van der Waals surface area (Å²) < 4.78 is 36.8. The van der Waals surface area contributed by atoms with Crippen LogP contribution in [0.15, 0.2) is 41.8 Å². The second-order valence-corrected chi connectivity index (χ2v) is 5.93. The highest BCUT2D eigenvalue weighted by atomic mass is 35.7. The van der Waals surface area contributed by atoms with Gasteiger partial charge in [-0.2, -0.15) is 0 Å². The Kier molecular flexibility index (Phi) is 3.17. The number of aromatic nitrogens is 2. The topological polar surface area (TPSA) is 52.0 Å². The van der Waals surface area contributed by atoms with E-state index in [0.717, 1.165) is 0 Å². The SMILES string of the molecule is O=S(=O)(Cl)c1cn(Cc2ccccc2F)cn1. The molecule has 0 atom stereocenters. The van der Waals surface area contributed by atoms with Crippen molar-refractivity contribution in [1.82, 2.24) is 9.55 Å². The number of halogens is 2. The van der Waals surface area contributed by atoms with Crippen LogP contribution in [0.25, 0.3) is 0 Å². The number of benzene rings is 1. The smallest absolute Gasteiger partial charge is 0.280 e. The molecule has 0 saturated heterocycles. The van der Waals surface area contributed by atoms with Gasteiger partial charge in [0, 0.05) is 22.4 Å². The third-order valence-electron chi connectivity index (χ3n) is 2.17. The Labute approximate surface area is 102 Å². The van der Waals surface area contributed by atoms with E-state index in [0.29, 0.717) is 5.56 Å². The normalized spacial score (nSPS) is 11.6. The molecule has 2 rings (SSSR count). The first-order chi connectivity index (χ1) is 7.97. The Bertz CT molecular complexity index is 639. The molecular formula is C10H8ClFN2O2S. The van der Waals surface area contributed by atoms with Gasteiger partial charge in [-0.05, 0) is 6.07 Å². The molecule has 4 nitrogen and oxygen atoms in total. The predicted octanol–water partition coefficient (Wildman–Crippen LogP) is 2.00. The van der Waals surface area contributed by atoms with E-state index in [9.17, 15) is 12.8 Å². The maximum atomic E-state index is 13.3. The lowest BCUT2D eigenvalue weighted by molar-refractivity contribution is 0.599. The van der Waals surface area contributed by atoms with Crippen LogP contribution in [0.4, 0.5) is 4.39 Å². The van der Waals surface area contributed by atoms with Crippen LogP contribution >= 0.6 is 10.7 Å². The zero-order valence-corrected chi connectivity index (χ0v) is 10.1. The fourth-order valence-corrected chi connectivity index (χ4v) is 2.05. The zero-order valence-electron chi connectivity index (χ0n) is 8.55. The molecule has 7 heteroatoms. The van der Waals surface area contributed by atoms with E-state index < -0.39 is 9.05 Å². The largest absolute Gasteiger partial charge is 0.332 e. The lowest BCUT2D eigenvalue weighted by Crippen LogP contribution is -1.99. The van der Waals surface area contributed by atoms with Gasteiger partial charge >= 0.3 is 0 Å². The van der Waals surface area contributed by atoms with E-state index >= 15 is 0 Å². The van der Waals surface area contributed by atoms with Gasteiger partial charge in [0.1, 0.15) is 5.82 Å². The standard InChI is InChI=1S/C10H8ClFN2O2S/c11-17(15,16)10-6-14(7-13-10)5-8-3-1-2-4-9(8)12/h1-4,6-7H,5H2. The van der Waals surface area contributed by atoms with E-state index in [4.69, 9.17) is 10.7 Å². The molecule has 1 heterocycles. The van der Waals surface area contributed by atoms with Crippen LogP contribution in [0.2, 0.25) is 0 Å². The van der Waals surface area contributed by atoms with Crippen molar-refractivity contribution in [2.24, 2.45) is 0 Å². The van der Waals surface area contributed by atoms with Crippen molar-refractivity contribution < 1.29 is 12.8 Å². The van der Waals surface area contributed by atoms with E-state index in [1.165, 1.54) is 23.2 Å². The van der Waals surface area contributed by atoms with E-state index in [-0.39, 0.29) is 17.4 Å². The van der Waals surface area contributed by atoms with Crippen LogP contribution in [0.3, 0.4) is 0 Å². The molecule has 1 aromatic heterocycles. The van der Waals surface area contributed by atoms with Crippen molar-refractivity contribution >= 4 is 19.7 Å². The van der Waals surface area contributed by atoms with Gasteiger partial charge in [0.25, 0.3) is 9.05 Å². The second kappa shape index (κ2) is 4.46. The lowest BCUT2D eigenvalue weighted by atomic mass is 10.2. The quantitative estimate of drug-likeness (QED) is 0.805. The molecule has 0 saturated carbocycles. The molecule has 2 aromatic rings. The summed E-state index contributed by atoms with van der Waals surface area (Å²) in [6.07, 6.45) is 2.55. The maximum Gasteiger partial charge on any atom is 0.280 e. The highest BCUT2D eigenvalue weighted by molar-refractivity contribution is 8.13. The molecule has 0 aliphatic rings. The molecule has 0 radical (unpaired) electrons. The summed E-state index contributed by atoms with van der Waals surface area (Å²) in [5.41, 5.74) is 0.448. The maximum absolute atomic E-state index is 13.3. The first-order valence-corrected chi connectivity index (χ1v) is 6.97. The van der Waals surface area contributed by atoms with Crippen LogP contribution < -0.4 is 0 Å². The third kappa shape index (κ3) is 2.83. The van der Waals surface area contributed by atoms with Crippen molar-refractivity contribution in [2.75, 3.05) is 0 Å². The molecule has 1 aromatic carbocycles. The van der Waals surface area contributed by atoms with Crippen molar-refractivity contribution in [1.29, 1.82) is 0 Å². The molecular weight excluding hydrogens is 267 g/mol. The third-order valence-corrected chi connectivity index (χ3v) is 3.35. The van der Waals surface area contributed by atoms with Crippen LogP contribution in [-0.4, -0.2) is 18.0 Å². The second-order valence-electron chi connectivity index (χ2n) is 3.41. The molecule has 0 amide bonds. The monoisotopic (exact) mass is 274 g/mol. The van der Waals surface area contributed by atoms with Gasteiger partial charge in [0.15, 0.2) is 5.03 Å². The average Bonchev–Trinajstić information content (AvgIpc) is 2.69. The summed E-state index contributed by atoms with van der Waals surface area (Å²) in [7, 11) is 1.29. The molecule has 0 N–H and O–H groups in total. The summed E-state index contributed by atoms with van der Waals surface area (Å²) in [5.74, 6) is -0.350. The molecule has 0 bridgehead atoms. The summed E-state index contributed by atoms with van der Waals surface area (Å²) in [6.45, 7) is 0.200. The van der Waals surface area contributed by atoms with Crippen molar-refractivity contribution in [3.05, 3.63) is 48.2 Å². The van der Waals surface area contributed by atoms with Crippen LogP contribution in [0.1, 0.15) is 5.56 Å². The van der Waals surface area contributed by atoms with E-state index in [2.05, 4.69) is 4.98 Å². The first-order valence-electron chi connectivity index (χ1n) is 4.66. The summed E-state index contributed by atoms with van der Waals surface area (Å²) >= 11 is 0. The summed E-state index contributed by atoms with van der Waals surface area (Å²) in [5, 5.41) is -0.240. The first kappa shape index (κ1) is 12.1. The van der Waals surface area contributed by atoms with Crippen LogP contribution in [0, 0.1) is 5.82 Å². The highest BCUT2D eigenvalue weighted by Crippen LogP contribution is 2.13. The summed E-state index contributed by atoms with van der Waals surface area (Å²) in [6, 6.07) is 6.24. The van der Waals surface area contributed by atoms with Crippen molar-refractivity contribution in [3.8, 4) is 0 Å². The Morgan fingerprint density at radius 1 is 1.35 bits per heavy atom. The Hall–Kier alpha value is -1.40. The van der Waals surface area contributed by atoms with E-state index in [1.54, 1.807) is 18.2 Å². The van der Waals surface area contributed by atoms with Gasteiger partial charge in [0.05, 0.1) is 12.9 Å². The van der Waals surface area contributed by atoms with Crippen molar-refractivity contribution in [2.45, 2.75) is 11.6 Å². The number of hydrogen-bond donors (Lipinski definition) is 0. The molecule has 17 heavy (non-hydrogen) atoms. The summed E-state index contributed by atoms with van der Waals surface area (Å²) in [4.78, 5) is 3.63. The Morgan fingerprint density at radius 3 is 2.65 bits per heavy atom. The highest BCUT2D eigenvalue weighted by Gasteiger charge is 2.13. The van der Waals surface area contributed by atoms with Gasteiger partial charge in [0.2, 0.25) is 0 Å². The molecule has 0 unspecified atom stereocenters. The number of imidazole rings is 1. The zero-order chi connectivity index (χ0) is 12.5. The Balaban J connectivity index is 2.26. The van der Waals surface area contributed by atoms with Gasteiger partial charge in [-0.3, -0.25) is 0 Å². The van der Waals surface area contributed by atoms with Gasteiger partial charge in [-0.25, -0.2) is 17.8 Å². The van der Waals surface area contributed by atoms with Crippen LogP contribution in [0.5, 0.6) is 0 Å². The molecule has 0 aliphatic carbocycles. The Morgan fingerprint density at radius 2 is 2.06 bits per heavy atom. The minimum atomic E-state index is -3.84.